The van der Waals surface area contributed by atoms with Crippen LogP contribution in [0.2, 0.25) is 0 Å². The maximum absolute atomic E-state index is 12.5. The van der Waals surface area contributed by atoms with Crippen molar-refractivity contribution in [1.29, 1.82) is 0 Å². The Kier molecular flexibility index (Phi) is 7.01. The molecule has 3 rings (SSSR count). The molecular formula is C24H23NOS2. The summed E-state index contributed by atoms with van der Waals surface area (Å²) in [5, 5.41) is 2.94. The lowest BCUT2D eigenvalue weighted by atomic mass is 10.1. The zero-order chi connectivity index (χ0) is 19.9. The van der Waals surface area contributed by atoms with Crippen molar-refractivity contribution >= 4 is 29.4 Å². The Labute approximate surface area is 175 Å². The van der Waals surface area contributed by atoms with Crippen LogP contribution in [0.4, 0.5) is 0 Å². The third-order valence-electron chi connectivity index (χ3n) is 4.11. The van der Waals surface area contributed by atoms with Gasteiger partial charge in [0.25, 0.3) is 5.91 Å². The van der Waals surface area contributed by atoms with Gasteiger partial charge in [0.05, 0.1) is 4.24 Å². The number of amides is 1. The lowest BCUT2D eigenvalue weighted by molar-refractivity contribution is 0.0970. The monoisotopic (exact) mass is 405 g/mol. The van der Waals surface area contributed by atoms with Crippen molar-refractivity contribution in [1.82, 2.24) is 5.32 Å². The predicted molar refractivity (Wildman–Crippen MR) is 121 cm³/mol. The molecule has 0 atom stereocenters. The van der Waals surface area contributed by atoms with Crippen molar-refractivity contribution in [3.63, 3.8) is 0 Å². The van der Waals surface area contributed by atoms with Crippen LogP contribution >= 0.6 is 23.5 Å². The highest BCUT2D eigenvalue weighted by molar-refractivity contribution is 8.22. The summed E-state index contributed by atoms with van der Waals surface area (Å²) in [7, 11) is 0. The molecule has 0 aliphatic rings. The fourth-order valence-electron chi connectivity index (χ4n) is 2.44. The maximum atomic E-state index is 12.5. The van der Waals surface area contributed by atoms with Crippen molar-refractivity contribution in [3.8, 4) is 0 Å². The van der Waals surface area contributed by atoms with Crippen molar-refractivity contribution in [2.45, 2.75) is 30.6 Å². The van der Waals surface area contributed by atoms with E-state index in [1.807, 2.05) is 31.2 Å². The third kappa shape index (κ3) is 6.04. The van der Waals surface area contributed by atoms with Gasteiger partial charge in [0, 0.05) is 21.6 Å². The second-order valence-corrected chi connectivity index (χ2v) is 9.12. The zero-order valence-corrected chi connectivity index (χ0v) is 17.9. The number of aryl methyl sites for hydroxylation is 3. The highest BCUT2D eigenvalue weighted by atomic mass is 32.2. The molecule has 3 aromatic rings. The molecular weight excluding hydrogens is 382 g/mol. The molecule has 0 spiro atoms. The highest BCUT2D eigenvalue weighted by Crippen LogP contribution is 2.38. The van der Waals surface area contributed by atoms with E-state index in [1.165, 1.54) is 11.1 Å². The first-order valence-electron chi connectivity index (χ1n) is 9.06. The van der Waals surface area contributed by atoms with Gasteiger partial charge in [-0.05, 0) is 57.2 Å². The first-order valence-corrected chi connectivity index (χ1v) is 10.7. The first kappa shape index (κ1) is 20.3. The van der Waals surface area contributed by atoms with Crippen molar-refractivity contribution < 1.29 is 4.79 Å². The molecule has 0 fully saturated rings. The summed E-state index contributed by atoms with van der Waals surface area (Å²) in [5.74, 6) is -0.105. The quantitative estimate of drug-likeness (QED) is 0.461. The summed E-state index contributed by atoms with van der Waals surface area (Å²) >= 11 is 3.29. The maximum Gasteiger partial charge on any atom is 0.255 e. The fourth-order valence-corrected chi connectivity index (χ4v) is 4.43. The minimum Gasteiger partial charge on any atom is -0.327 e. The van der Waals surface area contributed by atoms with Crippen molar-refractivity contribution in [2.24, 2.45) is 0 Å². The summed E-state index contributed by atoms with van der Waals surface area (Å²) in [4.78, 5) is 14.8. The number of thioether (sulfide) groups is 2. The topological polar surface area (TPSA) is 29.1 Å². The minimum absolute atomic E-state index is 0.105. The normalized spacial score (nSPS) is 10.4. The summed E-state index contributed by atoms with van der Waals surface area (Å²) in [6.07, 6.45) is 1.80. The Morgan fingerprint density at radius 1 is 0.679 bits per heavy atom. The summed E-state index contributed by atoms with van der Waals surface area (Å²) in [6.45, 7) is 6.16. The SMILES string of the molecule is Cc1ccc(SC(=CNC(=O)c2ccc(C)cc2)Sc2ccc(C)cc2)cc1. The van der Waals surface area contributed by atoms with E-state index in [2.05, 4.69) is 67.7 Å². The van der Waals surface area contributed by atoms with Crippen LogP contribution in [0.25, 0.3) is 0 Å². The molecule has 1 N–H and O–H groups in total. The number of carbonyl (C=O) groups is 1. The second kappa shape index (κ2) is 9.67. The van der Waals surface area contributed by atoms with E-state index < -0.39 is 0 Å². The Hall–Kier alpha value is -2.43. The molecule has 1 amide bonds. The summed E-state index contributed by atoms with van der Waals surface area (Å²) in [6, 6.07) is 24.4. The summed E-state index contributed by atoms with van der Waals surface area (Å²) < 4.78 is 1.01. The molecule has 0 unspecified atom stereocenters. The van der Waals surface area contributed by atoms with Crippen LogP contribution in [0.5, 0.6) is 0 Å². The molecule has 0 saturated carbocycles. The average molecular weight is 406 g/mol. The minimum atomic E-state index is -0.105. The molecule has 0 radical (unpaired) electrons. The van der Waals surface area contributed by atoms with E-state index in [1.54, 1.807) is 29.7 Å². The Morgan fingerprint density at radius 3 is 1.50 bits per heavy atom. The molecule has 2 nitrogen and oxygen atoms in total. The second-order valence-electron chi connectivity index (χ2n) is 6.63. The van der Waals surface area contributed by atoms with Crippen LogP contribution < -0.4 is 5.32 Å². The van der Waals surface area contributed by atoms with Crippen LogP contribution in [-0.4, -0.2) is 5.91 Å². The Morgan fingerprint density at radius 2 is 1.07 bits per heavy atom. The van der Waals surface area contributed by atoms with E-state index >= 15 is 0 Å². The van der Waals surface area contributed by atoms with Crippen LogP contribution in [0.1, 0.15) is 27.0 Å². The molecule has 28 heavy (non-hydrogen) atoms. The van der Waals surface area contributed by atoms with Crippen LogP contribution in [-0.2, 0) is 0 Å². The number of hydrogen-bond acceptors (Lipinski definition) is 3. The molecule has 0 aromatic heterocycles. The highest BCUT2D eigenvalue weighted by Gasteiger charge is 2.08. The first-order chi connectivity index (χ1) is 13.5. The van der Waals surface area contributed by atoms with E-state index in [4.69, 9.17) is 0 Å². The van der Waals surface area contributed by atoms with Crippen molar-refractivity contribution in [2.75, 3.05) is 0 Å². The van der Waals surface area contributed by atoms with Crippen LogP contribution in [0.3, 0.4) is 0 Å². The van der Waals surface area contributed by atoms with Gasteiger partial charge in [-0.15, -0.1) is 0 Å². The average Bonchev–Trinajstić information content (AvgIpc) is 2.70. The molecule has 0 saturated heterocycles. The third-order valence-corrected chi connectivity index (χ3v) is 6.27. The number of nitrogens with one attached hydrogen (secondary N) is 1. The van der Waals surface area contributed by atoms with Gasteiger partial charge in [0.1, 0.15) is 0 Å². The largest absolute Gasteiger partial charge is 0.327 e. The lowest BCUT2D eigenvalue weighted by Gasteiger charge is -2.09. The Bertz CT molecular complexity index is 909. The molecule has 4 heteroatoms. The van der Waals surface area contributed by atoms with E-state index in [-0.39, 0.29) is 5.91 Å². The van der Waals surface area contributed by atoms with Gasteiger partial charge in [-0.1, -0.05) is 76.6 Å². The van der Waals surface area contributed by atoms with E-state index in [0.29, 0.717) is 5.56 Å². The predicted octanol–water partition coefficient (Wildman–Crippen LogP) is 6.73. The molecule has 0 aliphatic heterocycles. The van der Waals surface area contributed by atoms with Gasteiger partial charge in [-0.25, -0.2) is 0 Å². The smallest absolute Gasteiger partial charge is 0.255 e. The lowest BCUT2D eigenvalue weighted by Crippen LogP contribution is -2.17. The van der Waals surface area contributed by atoms with Crippen LogP contribution in [0.15, 0.2) is 93.0 Å². The van der Waals surface area contributed by atoms with Crippen LogP contribution in [0, 0.1) is 20.8 Å². The molecule has 3 aromatic carbocycles. The Balaban J connectivity index is 1.78. The van der Waals surface area contributed by atoms with Gasteiger partial charge in [-0.2, -0.15) is 0 Å². The van der Waals surface area contributed by atoms with Crippen molar-refractivity contribution in [3.05, 3.63) is 105 Å². The standard InChI is InChI=1S/C24H23NOS2/c1-17-4-10-20(11-5-17)24(26)25-16-23(27-21-12-6-18(2)7-13-21)28-22-14-8-19(3)9-15-22/h4-16H,1-3H3,(H,25,26). The molecule has 0 heterocycles. The molecule has 0 bridgehead atoms. The number of rotatable bonds is 6. The number of carbonyl (C=O) groups excluding carboxylic acids is 1. The zero-order valence-electron chi connectivity index (χ0n) is 16.2. The van der Waals surface area contributed by atoms with Gasteiger partial charge >= 0.3 is 0 Å². The van der Waals surface area contributed by atoms with E-state index in [9.17, 15) is 4.79 Å². The number of hydrogen-bond donors (Lipinski definition) is 1. The van der Waals surface area contributed by atoms with Gasteiger partial charge in [0.15, 0.2) is 0 Å². The molecule has 142 valence electrons. The van der Waals surface area contributed by atoms with Gasteiger partial charge in [-0.3, -0.25) is 4.79 Å². The summed E-state index contributed by atoms with van der Waals surface area (Å²) in [5.41, 5.74) is 4.25. The van der Waals surface area contributed by atoms with E-state index in [0.717, 1.165) is 19.6 Å². The fraction of sp³-hybridized carbons (Fsp3) is 0.125. The molecule has 0 aliphatic carbocycles. The number of benzene rings is 3. The van der Waals surface area contributed by atoms with Gasteiger partial charge < -0.3 is 5.32 Å². The van der Waals surface area contributed by atoms with Gasteiger partial charge in [0.2, 0.25) is 0 Å².